The lowest BCUT2D eigenvalue weighted by molar-refractivity contribution is 0.132. The average molecular weight is 525 g/mol. The molecule has 2 amide bonds. The van der Waals surface area contributed by atoms with E-state index in [0.29, 0.717) is 49.6 Å². The highest BCUT2D eigenvalue weighted by atomic mass is 32.2. The number of halogens is 1. The molecule has 0 spiro atoms. The van der Waals surface area contributed by atoms with Crippen molar-refractivity contribution >= 4 is 21.7 Å². The van der Waals surface area contributed by atoms with Gasteiger partial charge in [0, 0.05) is 31.4 Å². The van der Waals surface area contributed by atoms with E-state index in [1.165, 1.54) is 28.3 Å². The van der Waals surface area contributed by atoms with Crippen LogP contribution in [-0.4, -0.2) is 55.6 Å². The van der Waals surface area contributed by atoms with Gasteiger partial charge < -0.3 is 10.2 Å². The fourth-order valence-corrected chi connectivity index (χ4v) is 7.28. The Kier molecular flexibility index (Phi) is 6.99. The third kappa shape index (κ3) is 5.51. The Balaban J connectivity index is 1.31. The molecule has 3 atom stereocenters. The van der Waals surface area contributed by atoms with Gasteiger partial charge in [-0.05, 0) is 91.7 Å². The van der Waals surface area contributed by atoms with Gasteiger partial charge >= 0.3 is 6.03 Å². The highest BCUT2D eigenvalue weighted by Crippen LogP contribution is 2.63. The second kappa shape index (κ2) is 10.1. The van der Waals surface area contributed by atoms with Gasteiger partial charge in [0.25, 0.3) is 0 Å². The van der Waals surface area contributed by atoms with Crippen molar-refractivity contribution in [1.82, 2.24) is 9.21 Å². The molecule has 37 heavy (non-hydrogen) atoms. The van der Waals surface area contributed by atoms with Gasteiger partial charge in [-0.1, -0.05) is 18.2 Å². The lowest BCUT2D eigenvalue weighted by atomic mass is 9.79. The van der Waals surface area contributed by atoms with E-state index < -0.39 is 15.8 Å². The van der Waals surface area contributed by atoms with E-state index in [-0.39, 0.29) is 23.4 Å². The number of urea groups is 1. The molecular weight excluding hydrogens is 491 g/mol. The Hall–Kier alpha value is -2.96. The molecule has 0 radical (unpaired) electrons. The van der Waals surface area contributed by atoms with Gasteiger partial charge in [-0.25, -0.2) is 21.9 Å². The van der Waals surface area contributed by atoms with Crippen molar-refractivity contribution in [3.05, 3.63) is 65.5 Å². The van der Waals surface area contributed by atoms with Crippen molar-refractivity contribution in [3.8, 4) is 6.07 Å². The van der Waals surface area contributed by atoms with E-state index in [4.69, 9.17) is 0 Å². The SMILES string of the molecule is CS(=O)(=O)N1CCC(CN(C(=O)Nc2cccc(F)c2)C2CC[C@]3(c4cccc(C#N)c4)CC3C2)CC1. The topological polar surface area (TPSA) is 93.5 Å². The fourth-order valence-electron chi connectivity index (χ4n) is 6.41. The lowest BCUT2D eigenvalue weighted by Gasteiger charge is -2.40. The first-order valence-electron chi connectivity index (χ1n) is 13.0. The zero-order valence-corrected chi connectivity index (χ0v) is 21.9. The standard InChI is InChI=1S/C28H33FN4O3S/c1-37(35,36)32-12-9-20(10-13-32)19-33(27(34)31-25-7-3-6-24(29)16-25)26-8-11-28(17-23(28)15-26)22-5-2-4-21(14-22)18-30/h2-7,14,16,20,23,26H,8-13,15,17,19H2,1H3,(H,31,34)/t23?,26?,28-/m1/s1. The summed E-state index contributed by atoms with van der Waals surface area (Å²) < 4.78 is 39.1. The Bertz CT molecular complexity index is 1320. The van der Waals surface area contributed by atoms with Crippen molar-refractivity contribution in [2.24, 2.45) is 11.8 Å². The number of fused-ring (bicyclic) bond motifs is 1. The van der Waals surface area contributed by atoms with Crippen LogP contribution in [0.5, 0.6) is 0 Å². The van der Waals surface area contributed by atoms with Crippen LogP contribution in [0, 0.1) is 29.0 Å². The van der Waals surface area contributed by atoms with Gasteiger partial charge in [0.05, 0.1) is 17.9 Å². The minimum Gasteiger partial charge on any atom is -0.321 e. The zero-order chi connectivity index (χ0) is 26.2. The van der Waals surface area contributed by atoms with Crippen LogP contribution in [0.3, 0.4) is 0 Å². The third-order valence-electron chi connectivity index (χ3n) is 8.55. The van der Waals surface area contributed by atoms with E-state index in [1.54, 1.807) is 12.1 Å². The van der Waals surface area contributed by atoms with Crippen molar-refractivity contribution in [2.45, 2.75) is 50.0 Å². The Labute approximate surface area is 218 Å². The maximum atomic E-state index is 13.8. The minimum absolute atomic E-state index is 0.0567. The van der Waals surface area contributed by atoms with Gasteiger partial charge in [-0.3, -0.25) is 0 Å². The van der Waals surface area contributed by atoms with Crippen LogP contribution in [0.2, 0.25) is 0 Å². The Morgan fingerprint density at radius 3 is 2.62 bits per heavy atom. The van der Waals surface area contributed by atoms with Crippen molar-refractivity contribution in [3.63, 3.8) is 0 Å². The van der Waals surface area contributed by atoms with Crippen LogP contribution in [0.25, 0.3) is 0 Å². The van der Waals surface area contributed by atoms with Crippen LogP contribution < -0.4 is 5.32 Å². The molecule has 2 unspecified atom stereocenters. The number of benzene rings is 2. The maximum absolute atomic E-state index is 13.8. The highest BCUT2D eigenvalue weighted by Gasteiger charge is 2.58. The van der Waals surface area contributed by atoms with Gasteiger partial charge in [0.15, 0.2) is 0 Å². The van der Waals surface area contributed by atoms with E-state index in [9.17, 15) is 22.9 Å². The largest absolute Gasteiger partial charge is 0.322 e. The molecule has 1 N–H and O–H groups in total. The van der Waals surface area contributed by atoms with Gasteiger partial charge in [0.1, 0.15) is 5.82 Å². The number of carbonyl (C=O) groups excluding carboxylic acids is 1. The average Bonchev–Trinajstić information content (AvgIpc) is 3.62. The molecule has 1 saturated heterocycles. The second-order valence-corrected chi connectivity index (χ2v) is 12.9. The summed E-state index contributed by atoms with van der Waals surface area (Å²) in [7, 11) is -3.21. The molecule has 2 aromatic carbocycles. The summed E-state index contributed by atoms with van der Waals surface area (Å²) in [4.78, 5) is 15.4. The van der Waals surface area contributed by atoms with E-state index >= 15 is 0 Å². The van der Waals surface area contributed by atoms with E-state index in [1.807, 2.05) is 23.1 Å². The molecule has 3 aliphatic rings. The first kappa shape index (κ1) is 25.7. The number of hydrogen-bond acceptors (Lipinski definition) is 4. The number of hydrogen-bond donors (Lipinski definition) is 1. The first-order valence-corrected chi connectivity index (χ1v) is 14.8. The molecule has 7 nitrogen and oxygen atoms in total. The summed E-state index contributed by atoms with van der Waals surface area (Å²) in [5.74, 6) is 0.253. The molecule has 196 valence electrons. The zero-order valence-electron chi connectivity index (χ0n) is 21.1. The van der Waals surface area contributed by atoms with Gasteiger partial charge in [-0.15, -0.1) is 0 Å². The number of piperidine rings is 1. The van der Waals surface area contributed by atoms with Gasteiger partial charge in [-0.2, -0.15) is 5.26 Å². The summed E-state index contributed by atoms with van der Waals surface area (Å²) in [6.07, 6.45) is 6.40. The number of rotatable bonds is 6. The number of carbonyl (C=O) groups is 1. The molecule has 2 saturated carbocycles. The summed E-state index contributed by atoms with van der Waals surface area (Å²) >= 11 is 0. The second-order valence-electron chi connectivity index (χ2n) is 10.9. The molecule has 3 fully saturated rings. The van der Waals surface area contributed by atoms with Crippen molar-refractivity contribution in [2.75, 3.05) is 31.2 Å². The Morgan fingerprint density at radius 2 is 1.95 bits per heavy atom. The molecular formula is C28H33FN4O3S. The smallest absolute Gasteiger partial charge is 0.321 e. The number of nitrogens with zero attached hydrogens (tertiary/aromatic N) is 3. The van der Waals surface area contributed by atoms with Crippen LogP contribution in [0.15, 0.2) is 48.5 Å². The molecule has 0 aromatic heterocycles. The van der Waals surface area contributed by atoms with Gasteiger partial charge in [0.2, 0.25) is 10.0 Å². The molecule has 0 bridgehead atoms. The monoisotopic (exact) mass is 524 g/mol. The van der Waals surface area contributed by atoms with Crippen LogP contribution in [-0.2, 0) is 15.4 Å². The number of nitrogens with one attached hydrogen (secondary N) is 1. The van der Waals surface area contributed by atoms with Crippen molar-refractivity contribution in [1.29, 1.82) is 5.26 Å². The molecule has 2 aliphatic carbocycles. The predicted molar refractivity (Wildman–Crippen MR) is 140 cm³/mol. The number of anilines is 1. The third-order valence-corrected chi connectivity index (χ3v) is 9.86. The molecule has 9 heteroatoms. The fraction of sp³-hybridized carbons (Fsp3) is 0.500. The minimum atomic E-state index is -3.21. The normalized spacial score (nSPS) is 26.1. The molecule has 2 aromatic rings. The summed E-state index contributed by atoms with van der Waals surface area (Å²) in [5, 5.41) is 12.2. The quantitative estimate of drug-likeness (QED) is 0.592. The summed E-state index contributed by atoms with van der Waals surface area (Å²) in [5.41, 5.74) is 2.41. The maximum Gasteiger partial charge on any atom is 0.322 e. The van der Waals surface area contributed by atoms with Crippen LogP contribution >= 0.6 is 0 Å². The summed E-state index contributed by atoms with van der Waals surface area (Å²) in [6.45, 7) is 1.48. The van der Waals surface area contributed by atoms with Crippen LogP contribution in [0.4, 0.5) is 14.9 Å². The highest BCUT2D eigenvalue weighted by molar-refractivity contribution is 7.88. The lowest BCUT2D eigenvalue weighted by Crippen LogP contribution is -2.49. The van der Waals surface area contributed by atoms with Crippen LogP contribution in [0.1, 0.15) is 49.7 Å². The molecule has 1 aliphatic heterocycles. The number of nitriles is 1. The van der Waals surface area contributed by atoms with E-state index in [2.05, 4.69) is 17.5 Å². The van der Waals surface area contributed by atoms with Crippen molar-refractivity contribution < 1.29 is 17.6 Å². The molecule has 1 heterocycles. The predicted octanol–water partition coefficient (Wildman–Crippen LogP) is 4.71. The number of sulfonamides is 1. The Morgan fingerprint density at radius 1 is 1.19 bits per heavy atom. The van der Waals surface area contributed by atoms with E-state index in [0.717, 1.165) is 25.7 Å². The molecule has 5 rings (SSSR count). The first-order chi connectivity index (χ1) is 17.7. The summed E-state index contributed by atoms with van der Waals surface area (Å²) in [6, 6.07) is 15.9. The number of amides is 2.